The number of rotatable bonds is 1. The van der Waals surface area contributed by atoms with Crippen LogP contribution in [-0.4, -0.2) is 23.8 Å². The van der Waals surface area contributed by atoms with Gasteiger partial charge in [0.05, 0.1) is 18.1 Å². The minimum Gasteiger partial charge on any atom is -0.468 e. The van der Waals surface area contributed by atoms with E-state index in [1.807, 2.05) is 12.1 Å². The lowest BCUT2D eigenvalue weighted by Gasteiger charge is -2.54. The quantitative estimate of drug-likeness (QED) is 0.640. The van der Waals surface area contributed by atoms with Crippen molar-refractivity contribution in [3.05, 3.63) is 47.5 Å². The smallest absolute Gasteiger partial charge is 0.316 e. The van der Waals surface area contributed by atoms with E-state index in [2.05, 4.69) is 18.7 Å². The number of hydrogen-bond donors (Lipinski definition) is 1. The van der Waals surface area contributed by atoms with E-state index in [-0.39, 0.29) is 11.4 Å². The van der Waals surface area contributed by atoms with Gasteiger partial charge >= 0.3 is 5.97 Å². The molecule has 1 aromatic rings. The summed E-state index contributed by atoms with van der Waals surface area (Å²) in [5.74, 6) is -0.142. The fourth-order valence-electron chi connectivity index (χ4n) is 5.49. The van der Waals surface area contributed by atoms with Gasteiger partial charge in [-0.2, -0.15) is 0 Å². The molecule has 3 heteroatoms. The summed E-state index contributed by atoms with van der Waals surface area (Å²) in [6.07, 6.45) is 4.48. The van der Waals surface area contributed by atoms with E-state index >= 15 is 0 Å². The summed E-state index contributed by atoms with van der Waals surface area (Å²) in [6, 6.07) is 8.25. The first-order valence-corrected chi connectivity index (χ1v) is 8.05. The number of benzene rings is 1. The molecule has 0 saturated heterocycles. The van der Waals surface area contributed by atoms with Crippen molar-refractivity contribution in [1.82, 2.24) is 0 Å². The number of ether oxygens (including phenoxy) is 1. The van der Waals surface area contributed by atoms with Crippen molar-refractivity contribution >= 4 is 5.97 Å². The Morgan fingerprint density at radius 2 is 2.05 bits per heavy atom. The highest BCUT2D eigenvalue weighted by atomic mass is 16.5. The maximum Gasteiger partial charge on any atom is 0.316 e. The molecule has 0 heterocycles. The van der Waals surface area contributed by atoms with Crippen molar-refractivity contribution in [2.45, 2.75) is 49.5 Å². The SMILES string of the molecule is C=C1C[C@]23CCc4ccccc4[C@@]2(C(=O)OC)CC[C@]1(O)C3. The van der Waals surface area contributed by atoms with Gasteiger partial charge in [-0.25, -0.2) is 0 Å². The Hall–Kier alpha value is -1.61. The lowest BCUT2D eigenvalue weighted by atomic mass is 9.49. The zero-order valence-electron chi connectivity index (χ0n) is 13.0. The molecule has 2 saturated carbocycles. The molecule has 0 unspecified atom stereocenters. The number of aryl methyl sites for hydroxylation is 1. The van der Waals surface area contributed by atoms with Crippen molar-refractivity contribution < 1.29 is 14.6 Å². The largest absolute Gasteiger partial charge is 0.468 e. The highest BCUT2D eigenvalue weighted by molar-refractivity contribution is 5.86. The summed E-state index contributed by atoms with van der Waals surface area (Å²) in [7, 11) is 1.48. The van der Waals surface area contributed by atoms with Crippen LogP contribution in [0.3, 0.4) is 0 Å². The van der Waals surface area contributed by atoms with Crippen LogP contribution < -0.4 is 0 Å². The Labute approximate surface area is 131 Å². The van der Waals surface area contributed by atoms with Crippen molar-refractivity contribution in [3.8, 4) is 0 Å². The summed E-state index contributed by atoms with van der Waals surface area (Å²) in [4.78, 5) is 12.9. The van der Waals surface area contributed by atoms with E-state index in [1.54, 1.807) is 0 Å². The minimum absolute atomic E-state index is 0.142. The molecule has 1 aromatic carbocycles. The van der Waals surface area contributed by atoms with Crippen LogP contribution in [0.5, 0.6) is 0 Å². The molecule has 116 valence electrons. The number of hydrogen-bond acceptors (Lipinski definition) is 3. The van der Waals surface area contributed by atoms with Gasteiger partial charge in [0.15, 0.2) is 0 Å². The van der Waals surface area contributed by atoms with Crippen LogP contribution in [0.25, 0.3) is 0 Å². The van der Waals surface area contributed by atoms with Crippen LogP contribution in [-0.2, 0) is 21.4 Å². The van der Waals surface area contributed by atoms with Crippen LogP contribution in [0, 0.1) is 5.41 Å². The van der Waals surface area contributed by atoms with E-state index in [4.69, 9.17) is 4.74 Å². The molecule has 22 heavy (non-hydrogen) atoms. The Balaban J connectivity index is 1.98. The zero-order chi connectivity index (χ0) is 15.6. The molecule has 2 bridgehead atoms. The Morgan fingerprint density at radius 1 is 1.27 bits per heavy atom. The second kappa shape index (κ2) is 4.23. The molecule has 1 spiro atoms. The van der Waals surface area contributed by atoms with Gasteiger partial charge in [-0.15, -0.1) is 0 Å². The van der Waals surface area contributed by atoms with Gasteiger partial charge in [0.25, 0.3) is 0 Å². The molecule has 4 rings (SSSR count). The molecular weight excluding hydrogens is 276 g/mol. The molecular formula is C19H22O3. The van der Waals surface area contributed by atoms with Gasteiger partial charge in [-0.1, -0.05) is 30.8 Å². The minimum atomic E-state index is -0.788. The van der Waals surface area contributed by atoms with Gasteiger partial charge in [-0.05, 0) is 60.6 Å². The lowest BCUT2D eigenvalue weighted by Crippen LogP contribution is -2.57. The van der Waals surface area contributed by atoms with Crippen LogP contribution in [0.15, 0.2) is 36.4 Å². The standard InChI is InChI=1S/C19H22O3/c1-13-11-17-8-7-14-5-3-4-6-15(14)19(17,16(20)22-2)10-9-18(13,21)12-17/h3-6,21H,1,7-12H2,2H3/t17-,18-,19+/m0/s1. The second-order valence-corrected chi connectivity index (χ2v) is 7.32. The number of fused-ring (bicyclic) bond motifs is 3. The molecule has 3 aliphatic rings. The summed E-state index contributed by atoms with van der Waals surface area (Å²) in [5.41, 5.74) is 1.62. The first kappa shape index (κ1) is 14.0. The van der Waals surface area contributed by atoms with Crippen molar-refractivity contribution in [2.24, 2.45) is 5.41 Å². The van der Waals surface area contributed by atoms with Gasteiger partial charge in [-0.3, -0.25) is 4.79 Å². The fourth-order valence-corrected chi connectivity index (χ4v) is 5.49. The Kier molecular flexibility index (Phi) is 2.69. The van der Waals surface area contributed by atoms with Crippen molar-refractivity contribution in [2.75, 3.05) is 7.11 Å². The van der Waals surface area contributed by atoms with Crippen molar-refractivity contribution in [1.29, 1.82) is 0 Å². The molecule has 0 aliphatic heterocycles. The number of carbonyl (C=O) groups is 1. The topological polar surface area (TPSA) is 46.5 Å². The Bertz CT molecular complexity index is 679. The van der Waals surface area contributed by atoms with Crippen LogP contribution in [0.4, 0.5) is 0 Å². The second-order valence-electron chi connectivity index (χ2n) is 7.32. The molecule has 2 fully saturated rings. The summed E-state index contributed by atoms with van der Waals surface area (Å²) in [5, 5.41) is 10.9. The fraction of sp³-hybridized carbons (Fsp3) is 0.526. The number of esters is 1. The number of methoxy groups -OCH3 is 1. The van der Waals surface area contributed by atoms with E-state index in [0.717, 1.165) is 30.4 Å². The van der Waals surface area contributed by atoms with Crippen molar-refractivity contribution in [3.63, 3.8) is 0 Å². The molecule has 3 aliphatic carbocycles. The first-order chi connectivity index (χ1) is 10.5. The maximum atomic E-state index is 12.9. The Morgan fingerprint density at radius 3 is 2.82 bits per heavy atom. The van der Waals surface area contributed by atoms with Gasteiger partial charge in [0, 0.05) is 0 Å². The third-order valence-electron chi connectivity index (χ3n) is 6.54. The highest BCUT2D eigenvalue weighted by Crippen LogP contribution is 2.68. The highest BCUT2D eigenvalue weighted by Gasteiger charge is 2.69. The van der Waals surface area contributed by atoms with E-state index < -0.39 is 11.0 Å². The van der Waals surface area contributed by atoms with E-state index in [0.29, 0.717) is 19.3 Å². The molecule has 1 N–H and O–H groups in total. The van der Waals surface area contributed by atoms with Crippen LogP contribution in [0.2, 0.25) is 0 Å². The van der Waals surface area contributed by atoms with Crippen LogP contribution >= 0.6 is 0 Å². The monoisotopic (exact) mass is 298 g/mol. The van der Waals surface area contributed by atoms with E-state index in [9.17, 15) is 9.90 Å². The molecule has 0 amide bonds. The predicted molar refractivity (Wildman–Crippen MR) is 83.4 cm³/mol. The summed E-state index contributed by atoms with van der Waals surface area (Å²) < 4.78 is 5.27. The van der Waals surface area contributed by atoms with E-state index in [1.165, 1.54) is 12.7 Å². The molecule has 0 aromatic heterocycles. The zero-order valence-corrected chi connectivity index (χ0v) is 13.0. The number of carbonyl (C=O) groups excluding carboxylic acids is 1. The van der Waals surface area contributed by atoms with Gasteiger partial charge in [0.2, 0.25) is 0 Å². The lowest BCUT2D eigenvalue weighted by molar-refractivity contribution is -0.160. The summed E-state index contributed by atoms with van der Waals surface area (Å²) in [6.45, 7) is 4.12. The molecule has 0 radical (unpaired) electrons. The number of aliphatic hydroxyl groups is 1. The molecule has 3 nitrogen and oxygen atoms in total. The van der Waals surface area contributed by atoms with Gasteiger partial charge < -0.3 is 9.84 Å². The van der Waals surface area contributed by atoms with Crippen LogP contribution in [0.1, 0.15) is 43.2 Å². The third kappa shape index (κ3) is 1.43. The maximum absolute atomic E-state index is 12.9. The normalized spacial score (nSPS) is 39.1. The average molecular weight is 298 g/mol. The van der Waals surface area contributed by atoms with Gasteiger partial charge in [0.1, 0.15) is 0 Å². The first-order valence-electron chi connectivity index (χ1n) is 8.05. The predicted octanol–water partition coefficient (Wildman–Crippen LogP) is 2.90. The summed E-state index contributed by atoms with van der Waals surface area (Å²) >= 11 is 0. The molecule has 3 atom stereocenters. The third-order valence-corrected chi connectivity index (χ3v) is 6.54. The average Bonchev–Trinajstić information content (AvgIpc) is 2.73.